The van der Waals surface area contributed by atoms with Gasteiger partial charge in [-0.25, -0.2) is 0 Å². The summed E-state index contributed by atoms with van der Waals surface area (Å²) in [6, 6.07) is 9.88. The number of carbonyl (C=O) groups is 2. The molecule has 0 aromatic heterocycles. The molecule has 1 aromatic carbocycles. The number of hydrogen-bond acceptors (Lipinski definition) is 3. The average molecular weight is 304 g/mol. The molecule has 1 aromatic rings. The summed E-state index contributed by atoms with van der Waals surface area (Å²) in [7, 11) is 3.34. The van der Waals surface area contributed by atoms with Crippen molar-refractivity contribution in [3.63, 3.8) is 0 Å². The van der Waals surface area contributed by atoms with Gasteiger partial charge in [-0.05, 0) is 18.4 Å². The van der Waals surface area contributed by atoms with Crippen LogP contribution in [0.15, 0.2) is 30.3 Å². The summed E-state index contributed by atoms with van der Waals surface area (Å²) in [4.78, 5) is 25.9. The molecule has 5 nitrogen and oxygen atoms in total. The zero-order valence-electron chi connectivity index (χ0n) is 13.2. The molecule has 120 valence electrons. The van der Waals surface area contributed by atoms with E-state index in [0.29, 0.717) is 26.0 Å². The van der Waals surface area contributed by atoms with Gasteiger partial charge in [-0.15, -0.1) is 0 Å². The average Bonchev–Trinajstić information content (AvgIpc) is 2.53. The highest BCUT2D eigenvalue weighted by Crippen LogP contribution is 2.24. The van der Waals surface area contributed by atoms with Gasteiger partial charge in [0, 0.05) is 27.1 Å². The molecule has 0 spiro atoms. The van der Waals surface area contributed by atoms with Crippen LogP contribution in [0.4, 0.5) is 0 Å². The number of ether oxygens (including phenoxy) is 1. The zero-order valence-corrected chi connectivity index (χ0v) is 13.2. The largest absolute Gasteiger partial charge is 0.383 e. The van der Waals surface area contributed by atoms with Gasteiger partial charge in [-0.1, -0.05) is 30.3 Å². The van der Waals surface area contributed by atoms with Crippen LogP contribution in [0.25, 0.3) is 0 Å². The number of nitrogens with zero attached hydrogens (tertiary/aromatic N) is 1. The van der Waals surface area contributed by atoms with E-state index in [1.807, 2.05) is 30.3 Å². The molecule has 0 bridgehead atoms. The minimum atomic E-state index is -0.196. The lowest BCUT2D eigenvalue weighted by Gasteiger charge is -2.37. The minimum Gasteiger partial charge on any atom is -0.383 e. The number of methoxy groups -OCH3 is 1. The molecule has 2 rings (SSSR count). The molecule has 5 heteroatoms. The van der Waals surface area contributed by atoms with Gasteiger partial charge in [0.2, 0.25) is 11.8 Å². The lowest BCUT2D eigenvalue weighted by atomic mass is 9.88. The summed E-state index contributed by atoms with van der Waals surface area (Å²) in [6.45, 7) is 0.996. The van der Waals surface area contributed by atoms with E-state index in [2.05, 4.69) is 5.32 Å². The third kappa shape index (κ3) is 4.07. The highest BCUT2D eigenvalue weighted by atomic mass is 16.5. The number of hydrogen-bond donors (Lipinski definition) is 1. The second kappa shape index (κ2) is 7.94. The molecule has 0 aliphatic carbocycles. The van der Waals surface area contributed by atoms with Crippen molar-refractivity contribution in [2.75, 3.05) is 27.3 Å². The Morgan fingerprint density at radius 3 is 2.77 bits per heavy atom. The predicted molar refractivity (Wildman–Crippen MR) is 84.3 cm³/mol. The van der Waals surface area contributed by atoms with Crippen molar-refractivity contribution in [3.8, 4) is 0 Å². The Hall–Kier alpha value is -1.88. The first kappa shape index (κ1) is 16.5. The van der Waals surface area contributed by atoms with Gasteiger partial charge >= 0.3 is 0 Å². The molecule has 1 aliphatic heterocycles. The Bertz CT molecular complexity index is 504. The fourth-order valence-corrected chi connectivity index (χ4v) is 2.91. The molecular formula is C17H24N2O3. The normalized spacial score (nSPS) is 21.7. The van der Waals surface area contributed by atoms with E-state index >= 15 is 0 Å². The van der Waals surface area contributed by atoms with E-state index in [9.17, 15) is 9.59 Å². The first-order valence-corrected chi connectivity index (χ1v) is 7.69. The van der Waals surface area contributed by atoms with Crippen LogP contribution in [0.5, 0.6) is 0 Å². The molecule has 1 aliphatic rings. The third-order valence-corrected chi connectivity index (χ3v) is 4.25. The van der Waals surface area contributed by atoms with Crippen LogP contribution >= 0.6 is 0 Å². The number of benzene rings is 1. The van der Waals surface area contributed by atoms with E-state index < -0.39 is 0 Å². The fourth-order valence-electron chi connectivity index (χ4n) is 2.91. The number of likely N-dealkylation sites (N-methyl/N-ethyl adjacent to an activating group) is 1. The maximum atomic E-state index is 12.4. The van der Waals surface area contributed by atoms with Gasteiger partial charge in [0.15, 0.2) is 0 Å². The van der Waals surface area contributed by atoms with Crippen molar-refractivity contribution in [2.24, 2.45) is 5.92 Å². The molecule has 1 N–H and O–H groups in total. The Labute approximate surface area is 131 Å². The molecular weight excluding hydrogens is 280 g/mol. The summed E-state index contributed by atoms with van der Waals surface area (Å²) in [5, 5.41) is 2.99. The second-order valence-electron chi connectivity index (χ2n) is 5.70. The maximum absolute atomic E-state index is 12.4. The number of likely N-dealkylation sites (tertiary alicyclic amines) is 1. The number of carbonyl (C=O) groups excluding carboxylic acids is 2. The lowest BCUT2D eigenvalue weighted by Crippen LogP contribution is -2.53. The molecule has 2 amide bonds. The van der Waals surface area contributed by atoms with E-state index in [0.717, 1.165) is 6.42 Å². The molecule has 1 heterocycles. The summed E-state index contributed by atoms with van der Waals surface area (Å²) in [5.74, 6) is -0.105. The first-order chi connectivity index (χ1) is 10.6. The van der Waals surface area contributed by atoms with Crippen LogP contribution in [-0.4, -0.2) is 50.1 Å². The third-order valence-electron chi connectivity index (χ3n) is 4.25. The van der Waals surface area contributed by atoms with Gasteiger partial charge < -0.3 is 15.0 Å². The maximum Gasteiger partial charge on any atom is 0.225 e. The summed E-state index contributed by atoms with van der Waals surface area (Å²) in [5.41, 5.74) is 1.20. The van der Waals surface area contributed by atoms with Gasteiger partial charge in [0.25, 0.3) is 0 Å². The lowest BCUT2D eigenvalue weighted by molar-refractivity contribution is -0.143. The predicted octanol–water partition coefficient (Wildman–Crippen LogP) is 1.23. The topological polar surface area (TPSA) is 58.6 Å². The van der Waals surface area contributed by atoms with Crippen molar-refractivity contribution in [1.29, 1.82) is 0 Å². The highest BCUT2D eigenvalue weighted by Gasteiger charge is 2.37. The van der Waals surface area contributed by atoms with Crippen LogP contribution in [0.3, 0.4) is 0 Å². The molecule has 0 radical (unpaired) electrons. The van der Waals surface area contributed by atoms with E-state index in [1.54, 1.807) is 19.1 Å². The van der Waals surface area contributed by atoms with Crippen molar-refractivity contribution in [1.82, 2.24) is 10.2 Å². The minimum absolute atomic E-state index is 0.0114. The Morgan fingerprint density at radius 2 is 2.09 bits per heavy atom. The Morgan fingerprint density at radius 1 is 1.36 bits per heavy atom. The van der Waals surface area contributed by atoms with Crippen molar-refractivity contribution in [3.05, 3.63) is 35.9 Å². The quantitative estimate of drug-likeness (QED) is 0.860. The van der Waals surface area contributed by atoms with Crippen LogP contribution in [0.1, 0.15) is 18.4 Å². The summed E-state index contributed by atoms with van der Waals surface area (Å²) >= 11 is 0. The molecule has 22 heavy (non-hydrogen) atoms. The van der Waals surface area contributed by atoms with Crippen molar-refractivity contribution < 1.29 is 14.3 Å². The molecule has 0 saturated carbocycles. The molecule has 2 atom stereocenters. The monoisotopic (exact) mass is 304 g/mol. The van der Waals surface area contributed by atoms with Crippen LogP contribution in [0, 0.1) is 5.92 Å². The molecule has 0 unspecified atom stereocenters. The number of nitrogens with one attached hydrogen (secondary N) is 1. The van der Waals surface area contributed by atoms with Gasteiger partial charge in [-0.2, -0.15) is 0 Å². The number of amides is 2. The van der Waals surface area contributed by atoms with Crippen LogP contribution < -0.4 is 5.32 Å². The van der Waals surface area contributed by atoms with E-state index in [-0.39, 0.29) is 23.8 Å². The van der Waals surface area contributed by atoms with Crippen molar-refractivity contribution >= 4 is 11.8 Å². The Balaban J connectivity index is 1.88. The van der Waals surface area contributed by atoms with Gasteiger partial charge in [-0.3, -0.25) is 9.59 Å². The van der Waals surface area contributed by atoms with Crippen molar-refractivity contribution in [2.45, 2.75) is 25.3 Å². The summed E-state index contributed by atoms with van der Waals surface area (Å²) < 4.78 is 5.18. The SMILES string of the molecule is COC[C@@H]1[C@H](C(=O)NCCc2ccccc2)CCC(=O)N1C. The van der Waals surface area contributed by atoms with Crippen LogP contribution in [-0.2, 0) is 20.7 Å². The number of rotatable bonds is 6. The van der Waals surface area contributed by atoms with Gasteiger partial charge in [0.05, 0.1) is 18.6 Å². The summed E-state index contributed by atoms with van der Waals surface area (Å²) in [6.07, 6.45) is 1.82. The smallest absolute Gasteiger partial charge is 0.225 e. The Kier molecular flexibility index (Phi) is 5.95. The van der Waals surface area contributed by atoms with Gasteiger partial charge in [0.1, 0.15) is 0 Å². The molecule has 1 saturated heterocycles. The van der Waals surface area contributed by atoms with E-state index in [4.69, 9.17) is 4.74 Å². The van der Waals surface area contributed by atoms with E-state index in [1.165, 1.54) is 5.56 Å². The van der Waals surface area contributed by atoms with Crippen LogP contribution in [0.2, 0.25) is 0 Å². The standard InChI is InChI=1S/C17H24N2O3/c1-19-15(12-22-2)14(8-9-16(19)20)17(21)18-11-10-13-6-4-3-5-7-13/h3-7,14-15H,8-12H2,1-2H3,(H,18,21)/t14-,15-/m1/s1. The second-order valence-corrected chi connectivity index (χ2v) is 5.70. The fraction of sp³-hybridized carbons (Fsp3) is 0.529. The highest BCUT2D eigenvalue weighted by molar-refractivity contribution is 5.84. The first-order valence-electron chi connectivity index (χ1n) is 7.69. The number of piperidine rings is 1. The zero-order chi connectivity index (χ0) is 15.9. The molecule has 1 fully saturated rings.